The number of ether oxygens (including phenoxy) is 1. The maximum atomic E-state index is 13.2. The standard InChI is InChI=1S/C16H21ClFNO/c17-7-6-14-3-1-2-8-19(14)11-15-10-12-9-13(18)4-5-16(12)20-15/h4-5,9,14-15H,1-3,6-8,10-11H2. The molecule has 0 radical (unpaired) electrons. The van der Waals surface area contributed by atoms with Crippen LogP contribution in [0.25, 0.3) is 0 Å². The molecule has 110 valence electrons. The second-order valence-corrected chi connectivity index (χ2v) is 6.20. The van der Waals surface area contributed by atoms with E-state index in [0.717, 1.165) is 43.1 Å². The number of piperidine rings is 1. The summed E-state index contributed by atoms with van der Waals surface area (Å²) >= 11 is 5.91. The minimum atomic E-state index is -0.175. The van der Waals surface area contributed by atoms with Crippen LogP contribution in [0.4, 0.5) is 4.39 Å². The van der Waals surface area contributed by atoms with Crippen LogP contribution < -0.4 is 4.74 Å². The maximum absolute atomic E-state index is 13.2. The van der Waals surface area contributed by atoms with Crippen LogP contribution in [-0.2, 0) is 6.42 Å². The highest BCUT2D eigenvalue weighted by molar-refractivity contribution is 6.17. The first-order valence-corrected chi connectivity index (χ1v) is 8.05. The van der Waals surface area contributed by atoms with Crippen LogP contribution >= 0.6 is 11.6 Å². The predicted octanol–water partition coefficient (Wildman–Crippen LogP) is 3.61. The summed E-state index contributed by atoms with van der Waals surface area (Å²) in [7, 11) is 0. The first-order chi connectivity index (χ1) is 9.76. The van der Waals surface area contributed by atoms with Gasteiger partial charge in [-0.15, -0.1) is 11.6 Å². The number of rotatable bonds is 4. The van der Waals surface area contributed by atoms with Gasteiger partial charge in [-0.3, -0.25) is 4.90 Å². The fraction of sp³-hybridized carbons (Fsp3) is 0.625. The zero-order valence-electron chi connectivity index (χ0n) is 11.7. The number of nitrogens with zero attached hydrogens (tertiary/aromatic N) is 1. The van der Waals surface area contributed by atoms with Crippen LogP contribution in [-0.4, -0.2) is 36.0 Å². The van der Waals surface area contributed by atoms with E-state index in [9.17, 15) is 4.39 Å². The van der Waals surface area contributed by atoms with E-state index in [0.29, 0.717) is 6.04 Å². The molecular weight excluding hydrogens is 277 g/mol. The molecule has 0 amide bonds. The highest BCUT2D eigenvalue weighted by atomic mass is 35.5. The van der Waals surface area contributed by atoms with Gasteiger partial charge in [-0.05, 0) is 44.0 Å². The van der Waals surface area contributed by atoms with Crippen molar-refractivity contribution in [2.45, 2.75) is 44.2 Å². The molecule has 3 rings (SSSR count). The maximum Gasteiger partial charge on any atom is 0.123 e. The van der Waals surface area contributed by atoms with Gasteiger partial charge in [0, 0.05) is 30.5 Å². The smallest absolute Gasteiger partial charge is 0.123 e. The quantitative estimate of drug-likeness (QED) is 0.787. The summed E-state index contributed by atoms with van der Waals surface area (Å²) in [6, 6.07) is 5.41. The Morgan fingerprint density at radius 1 is 1.35 bits per heavy atom. The van der Waals surface area contributed by atoms with E-state index in [2.05, 4.69) is 4.90 Å². The molecule has 2 nitrogen and oxygen atoms in total. The zero-order chi connectivity index (χ0) is 13.9. The largest absolute Gasteiger partial charge is 0.488 e. The number of likely N-dealkylation sites (tertiary alicyclic amines) is 1. The molecular formula is C16H21ClFNO. The van der Waals surface area contributed by atoms with E-state index in [1.54, 1.807) is 12.1 Å². The van der Waals surface area contributed by atoms with Crippen molar-refractivity contribution in [1.82, 2.24) is 4.90 Å². The summed E-state index contributed by atoms with van der Waals surface area (Å²) in [5.74, 6) is 1.39. The molecule has 0 N–H and O–H groups in total. The van der Waals surface area contributed by atoms with E-state index in [1.165, 1.54) is 25.3 Å². The third-order valence-corrected chi connectivity index (χ3v) is 4.61. The summed E-state index contributed by atoms with van der Waals surface area (Å²) in [4.78, 5) is 2.51. The van der Waals surface area contributed by atoms with Crippen molar-refractivity contribution in [3.05, 3.63) is 29.6 Å². The Morgan fingerprint density at radius 2 is 2.25 bits per heavy atom. The van der Waals surface area contributed by atoms with Crippen molar-refractivity contribution in [3.8, 4) is 5.75 Å². The highest BCUT2D eigenvalue weighted by Gasteiger charge is 2.29. The lowest BCUT2D eigenvalue weighted by molar-refractivity contribution is 0.0885. The summed E-state index contributed by atoms with van der Waals surface area (Å²) < 4.78 is 19.2. The Morgan fingerprint density at radius 3 is 3.10 bits per heavy atom. The molecule has 2 atom stereocenters. The van der Waals surface area contributed by atoms with Gasteiger partial charge in [-0.1, -0.05) is 6.42 Å². The van der Waals surface area contributed by atoms with Gasteiger partial charge < -0.3 is 4.74 Å². The van der Waals surface area contributed by atoms with Crippen LogP contribution in [0.3, 0.4) is 0 Å². The summed E-state index contributed by atoms with van der Waals surface area (Å²) in [5, 5.41) is 0. The minimum absolute atomic E-state index is 0.155. The van der Waals surface area contributed by atoms with E-state index in [-0.39, 0.29) is 11.9 Å². The van der Waals surface area contributed by atoms with Gasteiger partial charge in [-0.25, -0.2) is 4.39 Å². The Balaban J connectivity index is 1.61. The van der Waals surface area contributed by atoms with Gasteiger partial charge in [0.1, 0.15) is 17.7 Å². The fourth-order valence-electron chi connectivity index (χ4n) is 3.41. The van der Waals surface area contributed by atoms with Gasteiger partial charge in [0.25, 0.3) is 0 Å². The van der Waals surface area contributed by atoms with Crippen molar-refractivity contribution < 1.29 is 9.13 Å². The van der Waals surface area contributed by atoms with Crippen LogP contribution in [0.2, 0.25) is 0 Å². The van der Waals surface area contributed by atoms with E-state index < -0.39 is 0 Å². The van der Waals surface area contributed by atoms with E-state index in [4.69, 9.17) is 16.3 Å². The lowest BCUT2D eigenvalue weighted by Gasteiger charge is -2.36. The van der Waals surface area contributed by atoms with Crippen LogP contribution in [0.5, 0.6) is 5.75 Å². The summed E-state index contributed by atoms with van der Waals surface area (Å²) in [5.41, 5.74) is 1.00. The first-order valence-electron chi connectivity index (χ1n) is 7.51. The number of hydrogen-bond donors (Lipinski definition) is 0. The molecule has 4 heteroatoms. The SMILES string of the molecule is Fc1ccc2c(c1)CC(CN1CCCCC1CCCl)O2. The molecule has 20 heavy (non-hydrogen) atoms. The number of alkyl halides is 1. The zero-order valence-corrected chi connectivity index (χ0v) is 12.4. The molecule has 1 fully saturated rings. The van der Waals surface area contributed by atoms with Gasteiger partial charge in [0.2, 0.25) is 0 Å². The lowest BCUT2D eigenvalue weighted by Crippen LogP contribution is -2.45. The Bertz CT molecular complexity index is 466. The molecule has 1 aromatic rings. The Labute approximate surface area is 124 Å². The van der Waals surface area contributed by atoms with Gasteiger partial charge in [0.05, 0.1) is 0 Å². The lowest BCUT2D eigenvalue weighted by atomic mass is 9.99. The van der Waals surface area contributed by atoms with Crippen LogP contribution in [0, 0.1) is 5.82 Å². The van der Waals surface area contributed by atoms with Crippen LogP contribution in [0.1, 0.15) is 31.2 Å². The molecule has 2 aliphatic heterocycles. The fourth-order valence-corrected chi connectivity index (χ4v) is 3.66. The Hall–Kier alpha value is -0.800. The highest BCUT2D eigenvalue weighted by Crippen LogP contribution is 2.31. The van der Waals surface area contributed by atoms with Gasteiger partial charge in [-0.2, -0.15) is 0 Å². The molecule has 2 heterocycles. The van der Waals surface area contributed by atoms with Crippen molar-refractivity contribution in [1.29, 1.82) is 0 Å². The van der Waals surface area contributed by atoms with Gasteiger partial charge >= 0.3 is 0 Å². The van der Waals surface area contributed by atoms with E-state index in [1.807, 2.05) is 0 Å². The molecule has 1 aromatic carbocycles. The van der Waals surface area contributed by atoms with Crippen molar-refractivity contribution in [2.24, 2.45) is 0 Å². The first kappa shape index (κ1) is 14.2. The second-order valence-electron chi connectivity index (χ2n) is 5.82. The predicted molar refractivity (Wildman–Crippen MR) is 79.1 cm³/mol. The molecule has 2 unspecified atom stereocenters. The number of hydrogen-bond acceptors (Lipinski definition) is 2. The monoisotopic (exact) mass is 297 g/mol. The number of halogens is 2. The number of fused-ring (bicyclic) bond motifs is 1. The van der Waals surface area contributed by atoms with Crippen molar-refractivity contribution in [2.75, 3.05) is 19.0 Å². The van der Waals surface area contributed by atoms with Crippen molar-refractivity contribution in [3.63, 3.8) is 0 Å². The minimum Gasteiger partial charge on any atom is -0.488 e. The second kappa shape index (κ2) is 6.31. The molecule has 0 bridgehead atoms. The number of benzene rings is 1. The third-order valence-electron chi connectivity index (χ3n) is 4.39. The molecule has 0 spiro atoms. The van der Waals surface area contributed by atoms with Gasteiger partial charge in [0.15, 0.2) is 0 Å². The van der Waals surface area contributed by atoms with E-state index >= 15 is 0 Å². The molecule has 1 saturated heterocycles. The Kier molecular flexibility index (Phi) is 4.47. The average Bonchev–Trinajstić information content (AvgIpc) is 2.82. The summed E-state index contributed by atoms with van der Waals surface area (Å²) in [6.07, 6.45) is 5.82. The third kappa shape index (κ3) is 3.09. The molecule has 2 aliphatic rings. The van der Waals surface area contributed by atoms with Crippen molar-refractivity contribution >= 4 is 11.6 Å². The topological polar surface area (TPSA) is 12.5 Å². The molecule has 0 saturated carbocycles. The normalized spacial score (nSPS) is 26.3. The average molecular weight is 298 g/mol. The molecule has 0 aromatic heterocycles. The van der Waals surface area contributed by atoms with Crippen LogP contribution in [0.15, 0.2) is 18.2 Å². The molecule has 0 aliphatic carbocycles. The summed E-state index contributed by atoms with van der Waals surface area (Å²) in [6.45, 7) is 2.06.